The van der Waals surface area contributed by atoms with Gasteiger partial charge in [0.15, 0.2) is 0 Å². The molecule has 0 saturated carbocycles. The lowest BCUT2D eigenvalue weighted by Crippen LogP contribution is -2.32. The molecule has 0 bridgehead atoms. The van der Waals surface area contributed by atoms with E-state index in [1.807, 2.05) is 0 Å². The number of anilines is 1. The van der Waals surface area contributed by atoms with E-state index in [0.29, 0.717) is 24.4 Å². The molecule has 0 aromatic heterocycles. The summed E-state index contributed by atoms with van der Waals surface area (Å²) in [6.45, 7) is 0.965. The monoisotopic (exact) mass is 447 g/mol. The third-order valence-electron chi connectivity index (χ3n) is 5.16. The molecule has 1 aliphatic heterocycles. The zero-order chi connectivity index (χ0) is 22.4. The zero-order valence-corrected chi connectivity index (χ0v) is 18.1. The van der Waals surface area contributed by atoms with Crippen LogP contribution in [0.4, 0.5) is 11.4 Å². The van der Waals surface area contributed by atoms with Crippen molar-refractivity contribution >= 4 is 27.3 Å². The highest BCUT2D eigenvalue weighted by atomic mass is 32.2. The molecule has 2 aromatic rings. The van der Waals surface area contributed by atoms with E-state index in [-0.39, 0.29) is 22.7 Å². The fraction of sp³-hybridized carbons (Fsp3) is 0.381. The van der Waals surface area contributed by atoms with Gasteiger partial charge in [0.25, 0.3) is 5.69 Å². The number of ether oxygens (including phenoxy) is 1. The molecule has 1 heterocycles. The second-order valence-corrected chi connectivity index (χ2v) is 9.27. The molecule has 1 fully saturated rings. The summed E-state index contributed by atoms with van der Waals surface area (Å²) in [6.07, 6.45) is 3.66. The first-order valence-corrected chi connectivity index (χ1v) is 11.5. The van der Waals surface area contributed by atoms with Crippen molar-refractivity contribution in [3.05, 3.63) is 58.1 Å². The van der Waals surface area contributed by atoms with Gasteiger partial charge in [-0.2, -0.15) is 4.31 Å². The predicted molar refractivity (Wildman–Crippen MR) is 116 cm³/mol. The van der Waals surface area contributed by atoms with Crippen LogP contribution in [0.15, 0.2) is 47.4 Å². The molecule has 0 spiro atoms. The lowest BCUT2D eigenvalue weighted by Gasteiger charge is -2.21. The number of hydrogen-bond donors (Lipinski definition) is 1. The van der Waals surface area contributed by atoms with Crippen molar-refractivity contribution in [2.45, 2.75) is 37.0 Å². The maximum Gasteiger partial charge on any atom is 0.269 e. The molecule has 0 atom stereocenters. The molecule has 0 radical (unpaired) electrons. The van der Waals surface area contributed by atoms with E-state index in [2.05, 4.69) is 5.32 Å². The summed E-state index contributed by atoms with van der Waals surface area (Å²) in [5.74, 6) is -0.0525. The molecule has 1 N–H and O–H groups in total. The first-order valence-electron chi connectivity index (χ1n) is 10.0. The number of amides is 1. The molecule has 1 aliphatic rings. The van der Waals surface area contributed by atoms with Gasteiger partial charge in [-0.3, -0.25) is 14.9 Å². The van der Waals surface area contributed by atoms with Gasteiger partial charge >= 0.3 is 0 Å². The number of nitrogens with zero attached hydrogens (tertiary/aromatic N) is 2. The number of nitro groups is 1. The topological polar surface area (TPSA) is 119 Å². The number of sulfonamides is 1. The molecule has 1 amide bonds. The molecule has 2 aromatic carbocycles. The van der Waals surface area contributed by atoms with Gasteiger partial charge in [0.1, 0.15) is 5.75 Å². The fourth-order valence-electron chi connectivity index (χ4n) is 3.49. The Kier molecular flexibility index (Phi) is 7.24. The fourth-order valence-corrected chi connectivity index (χ4v) is 5.04. The van der Waals surface area contributed by atoms with E-state index in [4.69, 9.17) is 4.74 Å². The minimum atomic E-state index is -3.68. The number of methoxy groups -OCH3 is 1. The molecule has 9 nitrogen and oxygen atoms in total. The maximum absolute atomic E-state index is 13.1. The Morgan fingerprint density at radius 2 is 1.74 bits per heavy atom. The molecule has 10 heteroatoms. The number of benzene rings is 2. The normalized spacial score (nSPS) is 15.1. The molecule has 0 aliphatic carbocycles. The Balaban J connectivity index is 1.78. The van der Waals surface area contributed by atoms with Crippen molar-refractivity contribution < 1.29 is 22.9 Å². The van der Waals surface area contributed by atoms with Crippen LogP contribution in [0, 0.1) is 10.1 Å². The van der Waals surface area contributed by atoms with Gasteiger partial charge in [-0.15, -0.1) is 0 Å². The van der Waals surface area contributed by atoms with Crippen LogP contribution in [0.25, 0.3) is 0 Å². The Morgan fingerprint density at radius 1 is 1.10 bits per heavy atom. The summed E-state index contributed by atoms with van der Waals surface area (Å²) in [5, 5.41) is 13.4. The minimum Gasteiger partial charge on any atom is -0.495 e. The molecule has 31 heavy (non-hydrogen) atoms. The first kappa shape index (κ1) is 22.7. The van der Waals surface area contributed by atoms with E-state index >= 15 is 0 Å². The van der Waals surface area contributed by atoms with Crippen molar-refractivity contribution in [2.24, 2.45) is 0 Å². The summed E-state index contributed by atoms with van der Waals surface area (Å²) >= 11 is 0. The van der Waals surface area contributed by atoms with Crippen LogP contribution in [0.1, 0.15) is 31.2 Å². The summed E-state index contributed by atoms with van der Waals surface area (Å²) in [5.41, 5.74) is 0.790. The largest absolute Gasteiger partial charge is 0.495 e. The molecular weight excluding hydrogens is 422 g/mol. The van der Waals surface area contributed by atoms with Gasteiger partial charge in [-0.1, -0.05) is 25.0 Å². The number of nitro benzene ring substituents is 1. The van der Waals surface area contributed by atoms with E-state index in [9.17, 15) is 23.3 Å². The SMILES string of the molecule is COc1ccc(S(=O)(=O)N2CCCCCC2)cc1NC(=O)Cc1ccc([N+](=O)[O-])cc1. The number of hydrogen-bond acceptors (Lipinski definition) is 6. The molecule has 1 saturated heterocycles. The molecule has 166 valence electrons. The van der Waals surface area contributed by atoms with Crippen molar-refractivity contribution in [3.8, 4) is 5.75 Å². The Bertz CT molecular complexity index is 1050. The third kappa shape index (κ3) is 5.59. The quantitative estimate of drug-likeness (QED) is 0.514. The van der Waals surface area contributed by atoms with Crippen molar-refractivity contribution in [1.82, 2.24) is 4.31 Å². The van der Waals surface area contributed by atoms with Crippen molar-refractivity contribution in [1.29, 1.82) is 0 Å². The van der Waals surface area contributed by atoms with Gasteiger partial charge in [0, 0.05) is 25.2 Å². The second-order valence-electron chi connectivity index (χ2n) is 7.33. The first-order chi connectivity index (χ1) is 14.8. The number of carbonyl (C=O) groups excluding carboxylic acids is 1. The summed E-state index contributed by atoms with van der Waals surface area (Å²) in [6, 6.07) is 10.1. The standard InChI is InChI=1S/C21H25N3O6S/c1-30-20-11-10-18(31(28,29)23-12-4-2-3-5-13-23)15-19(20)22-21(25)14-16-6-8-17(9-7-16)24(26)27/h6-11,15H,2-5,12-14H2,1H3,(H,22,25). The van der Waals surface area contributed by atoms with E-state index < -0.39 is 20.9 Å². The van der Waals surface area contributed by atoms with Gasteiger partial charge in [0.05, 0.1) is 29.0 Å². The van der Waals surface area contributed by atoms with E-state index in [1.54, 1.807) is 0 Å². The lowest BCUT2D eigenvalue weighted by molar-refractivity contribution is -0.384. The average molecular weight is 448 g/mol. The lowest BCUT2D eigenvalue weighted by atomic mass is 10.1. The highest BCUT2D eigenvalue weighted by Crippen LogP contribution is 2.30. The van der Waals surface area contributed by atoms with Gasteiger partial charge in [-0.25, -0.2) is 8.42 Å². The summed E-state index contributed by atoms with van der Waals surface area (Å²) in [7, 11) is -2.24. The maximum atomic E-state index is 13.1. The van der Waals surface area contributed by atoms with Crippen LogP contribution in [0.2, 0.25) is 0 Å². The van der Waals surface area contributed by atoms with Crippen molar-refractivity contribution in [2.75, 3.05) is 25.5 Å². The van der Waals surface area contributed by atoms with E-state index in [1.165, 1.54) is 53.9 Å². The highest BCUT2D eigenvalue weighted by Gasteiger charge is 2.26. The van der Waals surface area contributed by atoms with Crippen LogP contribution in [-0.2, 0) is 21.2 Å². The second kappa shape index (κ2) is 9.88. The minimum absolute atomic E-state index is 0.0236. The number of carbonyl (C=O) groups is 1. The third-order valence-corrected chi connectivity index (χ3v) is 7.05. The summed E-state index contributed by atoms with van der Waals surface area (Å²) in [4.78, 5) is 22.9. The van der Waals surface area contributed by atoms with Gasteiger partial charge in [0.2, 0.25) is 15.9 Å². The Labute approximate surface area is 181 Å². The number of rotatable bonds is 7. The zero-order valence-electron chi connectivity index (χ0n) is 17.2. The molecule has 0 unspecified atom stereocenters. The Morgan fingerprint density at radius 3 is 2.32 bits per heavy atom. The van der Waals surface area contributed by atoms with Gasteiger partial charge in [-0.05, 0) is 36.6 Å². The van der Waals surface area contributed by atoms with Crippen LogP contribution in [-0.4, -0.2) is 43.8 Å². The molecular formula is C21H25N3O6S. The smallest absolute Gasteiger partial charge is 0.269 e. The van der Waals surface area contributed by atoms with Crippen LogP contribution in [0.5, 0.6) is 5.75 Å². The van der Waals surface area contributed by atoms with Crippen molar-refractivity contribution in [3.63, 3.8) is 0 Å². The predicted octanol–water partition coefficient (Wildman–Crippen LogP) is 3.35. The summed E-state index contributed by atoms with van der Waals surface area (Å²) < 4.78 is 32.9. The average Bonchev–Trinajstić information content (AvgIpc) is 3.04. The van der Waals surface area contributed by atoms with Crippen LogP contribution in [0.3, 0.4) is 0 Å². The number of non-ortho nitro benzene ring substituents is 1. The molecule has 3 rings (SSSR count). The van der Waals surface area contributed by atoms with Gasteiger partial charge < -0.3 is 10.1 Å². The van der Waals surface area contributed by atoms with Crippen LogP contribution >= 0.6 is 0 Å². The Hall–Kier alpha value is -2.98. The van der Waals surface area contributed by atoms with E-state index in [0.717, 1.165) is 25.7 Å². The number of nitrogens with one attached hydrogen (secondary N) is 1. The highest BCUT2D eigenvalue weighted by molar-refractivity contribution is 7.89. The van der Waals surface area contributed by atoms with Crippen LogP contribution < -0.4 is 10.1 Å².